The highest BCUT2D eigenvalue weighted by Gasteiger charge is 1.93. The molecule has 0 atom stereocenters. The molecule has 0 saturated heterocycles. The van der Waals surface area contributed by atoms with Gasteiger partial charge in [-0.25, -0.2) is 4.98 Å². The predicted octanol–water partition coefficient (Wildman–Crippen LogP) is 5.22. The van der Waals surface area contributed by atoms with Crippen molar-refractivity contribution in [3.63, 3.8) is 0 Å². The van der Waals surface area contributed by atoms with Crippen molar-refractivity contribution in [2.24, 2.45) is 0 Å². The molecule has 0 spiro atoms. The van der Waals surface area contributed by atoms with Crippen molar-refractivity contribution >= 4 is 15.9 Å². The van der Waals surface area contributed by atoms with E-state index in [1.54, 1.807) is 6.20 Å². The highest BCUT2D eigenvalue weighted by molar-refractivity contribution is 9.10. The van der Waals surface area contributed by atoms with Crippen LogP contribution < -0.4 is 4.74 Å². The Hall–Kier alpha value is -0.570. The van der Waals surface area contributed by atoms with Crippen LogP contribution in [0.5, 0.6) is 5.88 Å². The van der Waals surface area contributed by atoms with Crippen LogP contribution in [0.15, 0.2) is 22.8 Å². The molecule has 0 bridgehead atoms. The van der Waals surface area contributed by atoms with E-state index in [4.69, 9.17) is 4.74 Å². The second kappa shape index (κ2) is 11.9. The predicted molar refractivity (Wildman–Crippen MR) is 77.5 cm³/mol. The van der Waals surface area contributed by atoms with Gasteiger partial charge in [-0.1, -0.05) is 46.5 Å². The Morgan fingerprint density at radius 1 is 1.06 bits per heavy atom. The van der Waals surface area contributed by atoms with E-state index in [2.05, 4.69) is 41.7 Å². The SMILES string of the molecule is CCCCC.CCCCOc1ccc(Br)cn1. The molecule has 0 aliphatic rings. The smallest absolute Gasteiger partial charge is 0.213 e. The molecule has 3 heteroatoms. The second-order valence-corrected chi connectivity index (χ2v) is 4.79. The van der Waals surface area contributed by atoms with Crippen molar-refractivity contribution in [2.75, 3.05) is 6.61 Å². The van der Waals surface area contributed by atoms with Crippen LogP contribution in [0.1, 0.15) is 52.9 Å². The molecule has 0 aliphatic carbocycles. The highest BCUT2D eigenvalue weighted by Crippen LogP contribution is 2.12. The van der Waals surface area contributed by atoms with Gasteiger partial charge >= 0.3 is 0 Å². The summed E-state index contributed by atoms with van der Waals surface area (Å²) in [6.07, 6.45) is 8.04. The van der Waals surface area contributed by atoms with E-state index in [9.17, 15) is 0 Å². The normalized spacial score (nSPS) is 9.41. The minimum atomic E-state index is 0.701. The first-order valence-electron chi connectivity index (χ1n) is 6.48. The van der Waals surface area contributed by atoms with E-state index in [0.717, 1.165) is 23.9 Å². The van der Waals surface area contributed by atoms with Gasteiger partial charge in [-0.2, -0.15) is 0 Å². The van der Waals surface area contributed by atoms with Crippen molar-refractivity contribution in [2.45, 2.75) is 52.9 Å². The number of nitrogens with zero attached hydrogens (tertiary/aromatic N) is 1. The Kier molecular flexibility index (Phi) is 11.5. The number of halogens is 1. The standard InChI is InChI=1S/C9H12BrNO.C5H12/c1-2-3-6-12-9-5-4-8(10)7-11-9;1-3-5-4-2/h4-5,7H,2-3,6H2,1H3;3-5H2,1-2H3. The average Bonchev–Trinajstić information content (AvgIpc) is 2.34. The zero-order valence-corrected chi connectivity index (χ0v) is 12.8. The van der Waals surface area contributed by atoms with Crippen LogP contribution in [0.25, 0.3) is 0 Å². The fourth-order valence-electron chi connectivity index (χ4n) is 1.12. The zero-order chi connectivity index (χ0) is 12.9. The molecule has 0 unspecified atom stereocenters. The van der Waals surface area contributed by atoms with Crippen molar-refractivity contribution in [3.8, 4) is 5.88 Å². The highest BCUT2D eigenvalue weighted by atomic mass is 79.9. The van der Waals surface area contributed by atoms with Crippen LogP contribution in [-0.4, -0.2) is 11.6 Å². The van der Waals surface area contributed by atoms with Crippen molar-refractivity contribution in [3.05, 3.63) is 22.8 Å². The lowest BCUT2D eigenvalue weighted by Crippen LogP contribution is -1.97. The molecular formula is C14H24BrNO. The van der Waals surface area contributed by atoms with Gasteiger partial charge in [-0.3, -0.25) is 0 Å². The fraction of sp³-hybridized carbons (Fsp3) is 0.643. The van der Waals surface area contributed by atoms with Crippen LogP contribution in [-0.2, 0) is 0 Å². The number of hydrogen-bond acceptors (Lipinski definition) is 2. The summed E-state index contributed by atoms with van der Waals surface area (Å²) in [6, 6.07) is 3.79. The topological polar surface area (TPSA) is 22.1 Å². The number of rotatable bonds is 6. The second-order valence-electron chi connectivity index (χ2n) is 3.87. The van der Waals surface area contributed by atoms with Gasteiger partial charge in [0.05, 0.1) is 6.61 Å². The quantitative estimate of drug-likeness (QED) is 0.672. The number of unbranched alkanes of at least 4 members (excludes halogenated alkanes) is 3. The maximum Gasteiger partial charge on any atom is 0.213 e. The molecule has 0 amide bonds. The molecule has 1 aromatic rings. The molecule has 98 valence electrons. The molecule has 0 saturated carbocycles. The van der Waals surface area contributed by atoms with Gasteiger partial charge < -0.3 is 4.74 Å². The molecule has 0 aliphatic heterocycles. The van der Waals surface area contributed by atoms with Crippen molar-refractivity contribution in [1.29, 1.82) is 0 Å². The zero-order valence-electron chi connectivity index (χ0n) is 11.2. The number of hydrogen-bond donors (Lipinski definition) is 0. The molecule has 17 heavy (non-hydrogen) atoms. The van der Waals surface area contributed by atoms with Crippen LogP contribution in [0.4, 0.5) is 0 Å². The van der Waals surface area contributed by atoms with E-state index in [0.29, 0.717) is 5.88 Å². The third-order valence-corrected chi connectivity index (χ3v) is 2.62. The maximum absolute atomic E-state index is 5.37. The Morgan fingerprint density at radius 3 is 2.12 bits per heavy atom. The summed E-state index contributed by atoms with van der Waals surface area (Å²) in [5.41, 5.74) is 0. The molecular weight excluding hydrogens is 278 g/mol. The summed E-state index contributed by atoms with van der Waals surface area (Å²) in [6.45, 7) is 7.32. The van der Waals surface area contributed by atoms with Gasteiger partial charge in [0.2, 0.25) is 5.88 Å². The lowest BCUT2D eigenvalue weighted by atomic mass is 10.3. The monoisotopic (exact) mass is 301 g/mol. The lowest BCUT2D eigenvalue weighted by molar-refractivity contribution is 0.297. The molecule has 0 aromatic carbocycles. The molecule has 0 N–H and O–H groups in total. The van der Waals surface area contributed by atoms with E-state index in [1.807, 2.05) is 12.1 Å². The summed E-state index contributed by atoms with van der Waals surface area (Å²) in [4.78, 5) is 4.08. The third kappa shape index (κ3) is 10.3. The molecule has 1 heterocycles. The Morgan fingerprint density at radius 2 is 1.71 bits per heavy atom. The molecule has 2 nitrogen and oxygen atoms in total. The number of ether oxygens (including phenoxy) is 1. The largest absolute Gasteiger partial charge is 0.478 e. The van der Waals surface area contributed by atoms with E-state index < -0.39 is 0 Å². The Balaban J connectivity index is 0.000000437. The van der Waals surface area contributed by atoms with Crippen LogP contribution >= 0.6 is 15.9 Å². The summed E-state index contributed by atoms with van der Waals surface area (Å²) < 4.78 is 6.35. The maximum atomic E-state index is 5.37. The molecule has 1 aromatic heterocycles. The van der Waals surface area contributed by atoms with Crippen LogP contribution in [0.2, 0.25) is 0 Å². The third-order valence-electron chi connectivity index (χ3n) is 2.16. The minimum Gasteiger partial charge on any atom is -0.478 e. The summed E-state index contributed by atoms with van der Waals surface area (Å²) in [5.74, 6) is 0.701. The lowest BCUT2D eigenvalue weighted by Gasteiger charge is -2.02. The molecule has 0 fully saturated rings. The van der Waals surface area contributed by atoms with Crippen LogP contribution in [0, 0.1) is 0 Å². The Bertz CT molecular complexity index is 259. The summed E-state index contributed by atoms with van der Waals surface area (Å²) in [5, 5.41) is 0. The van der Waals surface area contributed by atoms with Gasteiger partial charge in [0.15, 0.2) is 0 Å². The first-order chi connectivity index (χ1) is 8.24. The first kappa shape index (κ1) is 16.4. The van der Waals surface area contributed by atoms with Gasteiger partial charge in [-0.15, -0.1) is 0 Å². The van der Waals surface area contributed by atoms with E-state index in [1.165, 1.54) is 19.3 Å². The van der Waals surface area contributed by atoms with E-state index in [-0.39, 0.29) is 0 Å². The van der Waals surface area contributed by atoms with Crippen molar-refractivity contribution in [1.82, 2.24) is 4.98 Å². The first-order valence-corrected chi connectivity index (χ1v) is 7.28. The average molecular weight is 302 g/mol. The summed E-state index contributed by atoms with van der Waals surface area (Å²) >= 11 is 3.31. The minimum absolute atomic E-state index is 0.701. The summed E-state index contributed by atoms with van der Waals surface area (Å²) in [7, 11) is 0. The van der Waals surface area contributed by atoms with Crippen molar-refractivity contribution < 1.29 is 4.74 Å². The Labute approximate surface area is 114 Å². The molecule has 0 radical (unpaired) electrons. The van der Waals surface area contributed by atoms with Crippen LogP contribution in [0.3, 0.4) is 0 Å². The van der Waals surface area contributed by atoms with E-state index >= 15 is 0 Å². The van der Waals surface area contributed by atoms with Gasteiger partial charge in [-0.05, 0) is 28.4 Å². The molecule has 1 rings (SSSR count). The van der Waals surface area contributed by atoms with Gasteiger partial charge in [0.1, 0.15) is 0 Å². The van der Waals surface area contributed by atoms with Gasteiger partial charge in [0, 0.05) is 16.7 Å². The fourth-order valence-corrected chi connectivity index (χ4v) is 1.36. The van der Waals surface area contributed by atoms with Gasteiger partial charge in [0.25, 0.3) is 0 Å². The number of pyridine rings is 1. The number of aromatic nitrogens is 1.